The van der Waals surface area contributed by atoms with E-state index in [4.69, 9.17) is 0 Å². The Labute approximate surface area is 126 Å². The van der Waals surface area contributed by atoms with Crippen molar-refractivity contribution in [3.05, 3.63) is 17.0 Å². The molecule has 4 nitrogen and oxygen atoms in total. The summed E-state index contributed by atoms with van der Waals surface area (Å²) in [5, 5.41) is 3.42. The molecule has 0 bridgehead atoms. The topological polar surface area (TPSA) is 49.4 Å². The molecular formula is C14H24N2O2S2. The molecule has 114 valence electrons. The average Bonchev–Trinajstić information content (AvgIpc) is 3.09. The van der Waals surface area contributed by atoms with Crippen molar-refractivity contribution < 1.29 is 8.42 Å². The molecule has 0 aliphatic heterocycles. The Morgan fingerprint density at radius 2 is 2.10 bits per heavy atom. The summed E-state index contributed by atoms with van der Waals surface area (Å²) in [4.78, 5) is 1.09. The molecule has 0 spiro atoms. The Morgan fingerprint density at radius 3 is 2.65 bits per heavy atom. The van der Waals surface area contributed by atoms with Crippen molar-refractivity contribution in [3.63, 3.8) is 0 Å². The summed E-state index contributed by atoms with van der Waals surface area (Å²) in [5.41, 5.74) is 0. The van der Waals surface area contributed by atoms with E-state index in [0.717, 1.165) is 11.4 Å². The predicted molar refractivity (Wildman–Crippen MR) is 83.5 cm³/mol. The summed E-state index contributed by atoms with van der Waals surface area (Å²) in [6.07, 6.45) is 2.49. The Morgan fingerprint density at radius 1 is 1.40 bits per heavy atom. The quantitative estimate of drug-likeness (QED) is 0.802. The average molecular weight is 316 g/mol. The van der Waals surface area contributed by atoms with Gasteiger partial charge < -0.3 is 5.32 Å². The monoisotopic (exact) mass is 316 g/mol. The summed E-state index contributed by atoms with van der Waals surface area (Å²) < 4.78 is 27.2. The Bertz CT molecular complexity index is 533. The van der Waals surface area contributed by atoms with Crippen LogP contribution in [0.15, 0.2) is 16.3 Å². The lowest BCUT2D eigenvalue weighted by Gasteiger charge is -2.21. The molecule has 0 amide bonds. The molecular weight excluding hydrogens is 292 g/mol. The lowest BCUT2D eigenvalue weighted by atomic mass is 10.2. The Hall–Kier alpha value is -0.430. The van der Waals surface area contributed by atoms with E-state index in [1.54, 1.807) is 10.4 Å². The van der Waals surface area contributed by atoms with E-state index in [1.807, 2.05) is 26.8 Å². The third-order valence-electron chi connectivity index (χ3n) is 3.29. The Kier molecular flexibility index (Phi) is 5.23. The van der Waals surface area contributed by atoms with Crippen LogP contribution in [0.25, 0.3) is 0 Å². The highest BCUT2D eigenvalue weighted by Crippen LogP contribution is 2.26. The predicted octanol–water partition coefficient (Wildman–Crippen LogP) is 2.67. The first-order valence-corrected chi connectivity index (χ1v) is 9.51. The molecule has 0 radical (unpaired) electrons. The van der Waals surface area contributed by atoms with Crippen LogP contribution in [-0.4, -0.2) is 31.9 Å². The van der Waals surface area contributed by atoms with Crippen molar-refractivity contribution in [2.75, 3.05) is 13.1 Å². The van der Waals surface area contributed by atoms with Gasteiger partial charge in [-0.05, 0) is 30.9 Å². The molecule has 1 fully saturated rings. The molecule has 0 saturated heterocycles. The van der Waals surface area contributed by atoms with E-state index < -0.39 is 10.0 Å². The molecule has 0 atom stereocenters. The first-order valence-electron chi connectivity index (χ1n) is 7.25. The Balaban J connectivity index is 2.07. The fraction of sp³-hybridized carbons (Fsp3) is 0.714. The van der Waals surface area contributed by atoms with E-state index in [1.165, 1.54) is 24.2 Å². The van der Waals surface area contributed by atoms with Crippen molar-refractivity contribution >= 4 is 21.4 Å². The molecule has 0 aromatic carbocycles. The third-order valence-corrected chi connectivity index (χ3v) is 6.79. The van der Waals surface area contributed by atoms with E-state index in [2.05, 4.69) is 5.32 Å². The van der Waals surface area contributed by atoms with Gasteiger partial charge in [0.1, 0.15) is 4.21 Å². The first-order chi connectivity index (χ1) is 9.43. The second kappa shape index (κ2) is 6.56. The van der Waals surface area contributed by atoms with Gasteiger partial charge in [-0.15, -0.1) is 11.3 Å². The lowest BCUT2D eigenvalue weighted by molar-refractivity contribution is 0.382. The van der Waals surface area contributed by atoms with Crippen LogP contribution in [0.2, 0.25) is 0 Å². The minimum atomic E-state index is -3.32. The van der Waals surface area contributed by atoms with Crippen molar-refractivity contribution in [2.45, 2.75) is 50.4 Å². The second-order valence-corrected chi connectivity index (χ2v) is 9.06. The fourth-order valence-corrected chi connectivity index (χ4v) is 5.13. The maximum Gasteiger partial charge on any atom is 0.252 e. The molecule has 1 heterocycles. The van der Waals surface area contributed by atoms with Gasteiger partial charge in [0.05, 0.1) is 0 Å². The van der Waals surface area contributed by atoms with Crippen LogP contribution in [0, 0.1) is 5.92 Å². The maximum absolute atomic E-state index is 12.6. The summed E-state index contributed by atoms with van der Waals surface area (Å²) in [5.74, 6) is 0.334. The molecule has 2 rings (SSSR count). The van der Waals surface area contributed by atoms with Crippen LogP contribution >= 0.6 is 11.3 Å². The molecule has 1 aliphatic rings. The van der Waals surface area contributed by atoms with Crippen LogP contribution in [0.1, 0.15) is 38.5 Å². The highest BCUT2D eigenvalue weighted by Gasteiger charge is 2.26. The van der Waals surface area contributed by atoms with Gasteiger partial charge in [0.25, 0.3) is 10.0 Å². The molecule has 0 unspecified atom stereocenters. The third kappa shape index (κ3) is 4.04. The van der Waals surface area contributed by atoms with Gasteiger partial charge >= 0.3 is 0 Å². The van der Waals surface area contributed by atoms with Crippen molar-refractivity contribution in [3.8, 4) is 0 Å². The summed E-state index contributed by atoms with van der Waals surface area (Å²) in [6, 6.07) is 4.31. The molecule has 1 saturated carbocycles. The molecule has 1 aromatic heterocycles. The van der Waals surface area contributed by atoms with E-state index in [-0.39, 0.29) is 0 Å². The molecule has 1 aromatic rings. The van der Waals surface area contributed by atoms with E-state index in [0.29, 0.717) is 29.3 Å². The van der Waals surface area contributed by atoms with Gasteiger partial charge in [-0.3, -0.25) is 0 Å². The molecule has 6 heteroatoms. The van der Waals surface area contributed by atoms with Gasteiger partial charge in [-0.2, -0.15) is 4.31 Å². The summed E-state index contributed by atoms with van der Waals surface area (Å²) in [6.45, 7) is 7.85. The lowest BCUT2D eigenvalue weighted by Crippen LogP contribution is -2.33. The fourth-order valence-electron chi connectivity index (χ4n) is 2.06. The van der Waals surface area contributed by atoms with Gasteiger partial charge in [-0.25, -0.2) is 8.42 Å². The normalized spacial score (nSPS) is 16.2. The number of nitrogens with one attached hydrogen (secondary N) is 1. The van der Waals surface area contributed by atoms with Crippen LogP contribution < -0.4 is 5.32 Å². The zero-order valence-corrected chi connectivity index (χ0v) is 14.1. The highest BCUT2D eigenvalue weighted by atomic mass is 32.2. The zero-order chi connectivity index (χ0) is 14.8. The van der Waals surface area contributed by atoms with E-state index in [9.17, 15) is 8.42 Å². The molecule has 1 aliphatic carbocycles. The minimum Gasteiger partial charge on any atom is -0.309 e. The number of rotatable bonds is 8. The zero-order valence-electron chi connectivity index (χ0n) is 12.4. The number of hydrogen-bond acceptors (Lipinski definition) is 4. The van der Waals surface area contributed by atoms with Crippen molar-refractivity contribution in [2.24, 2.45) is 5.92 Å². The van der Waals surface area contributed by atoms with Gasteiger partial charge in [0, 0.05) is 30.6 Å². The van der Waals surface area contributed by atoms with E-state index >= 15 is 0 Å². The number of sulfonamides is 1. The summed E-state index contributed by atoms with van der Waals surface area (Å²) >= 11 is 1.39. The van der Waals surface area contributed by atoms with Crippen LogP contribution in [0.4, 0.5) is 0 Å². The maximum atomic E-state index is 12.6. The van der Waals surface area contributed by atoms with Crippen LogP contribution in [0.3, 0.4) is 0 Å². The minimum absolute atomic E-state index is 0.334. The van der Waals surface area contributed by atoms with Crippen molar-refractivity contribution in [1.82, 2.24) is 9.62 Å². The standard InChI is InChI=1S/C14H24N2O2S2/c1-4-16(10-11(2)3)20(17,18)14-8-7-13(19-14)9-15-12-5-6-12/h7-8,11-12,15H,4-6,9-10H2,1-3H3. The van der Waals surface area contributed by atoms with Gasteiger partial charge in [-0.1, -0.05) is 20.8 Å². The van der Waals surface area contributed by atoms with Gasteiger partial charge in [0.15, 0.2) is 0 Å². The van der Waals surface area contributed by atoms with Crippen LogP contribution in [0.5, 0.6) is 0 Å². The smallest absolute Gasteiger partial charge is 0.252 e. The van der Waals surface area contributed by atoms with Crippen LogP contribution in [-0.2, 0) is 16.6 Å². The molecule has 1 N–H and O–H groups in total. The number of nitrogens with zero attached hydrogens (tertiary/aromatic N) is 1. The first kappa shape index (κ1) is 15.9. The second-order valence-electron chi connectivity index (χ2n) is 5.73. The number of thiophene rings is 1. The SMILES string of the molecule is CCN(CC(C)C)S(=O)(=O)c1ccc(CNC2CC2)s1. The summed E-state index contributed by atoms with van der Waals surface area (Å²) in [7, 11) is -3.32. The largest absolute Gasteiger partial charge is 0.309 e. The highest BCUT2D eigenvalue weighted by molar-refractivity contribution is 7.91. The molecule has 20 heavy (non-hydrogen) atoms. The van der Waals surface area contributed by atoms with Crippen molar-refractivity contribution in [1.29, 1.82) is 0 Å². The van der Waals surface area contributed by atoms with Gasteiger partial charge in [0.2, 0.25) is 0 Å². The number of hydrogen-bond donors (Lipinski definition) is 1.